The lowest BCUT2D eigenvalue weighted by Crippen LogP contribution is -1.95. The lowest BCUT2D eigenvalue weighted by molar-refractivity contribution is 1.17. The molecule has 0 bridgehead atoms. The summed E-state index contributed by atoms with van der Waals surface area (Å²) in [4.78, 5) is 0. The predicted octanol–water partition coefficient (Wildman–Crippen LogP) is 32.5. The van der Waals surface area contributed by atoms with Crippen LogP contribution in [0, 0.1) is 55.4 Å². The number of aromatic nitrogens is 6. The maximum absolute atomic E-state index is 2.45. The van der Waals surface area contributed by atoms with Crippen molar-refractivity contribution in [3.05, 3.63) is 421 Å². The number of hydrogen-bond acceptors (Lipinski definition) is 2. The van der Waals surface area contributed by atoms with E-state index in [0.717, 1.165) is 0 Å². The van der Waals surface area contributed by atoms with E-state index in [1.165, 1.54) is 250 Å². The molecule has 0 aliphatic heterocycles. The van der Waals surface area contributed by atoms with Crippen molar-refractivity contribution in [3.8, 4) is 34.1 Å². The fraction of sp³-hybridized carbons (Fsp3) is 0.0690. The Hall–Kier alpha value is -14.8. The first-order valence-corrected chi connectivity index (χ1v) is 44.5. The Balaban J connectivity index is 0.0000000959. The molecule has 0 radical (unpaired) electrons. The second-order valence-corrected chi connectivity index (χ2v) is 35.9. The molecule has 0 unspecified atom stereocenters. The van der Waals surface area contributed by atoms with Gasteiger partial charge in [0.25, 0.3) is 0 Å². The molecule has 0 N–H and O–H groups in total. The third-order valence-corrected chi connectivity index (χ3v) is 27.6. The van der Waals surface area contributed by atoms with E-state index < -0.39 is 0 Å². The van der Waals surface area contributed by atoms with Crippen LogP contribution in [0.2, 0.25) is 0 Å². The summed E-state index contributed by atoms with van der Waals surface area (Å²) in [5.74, 6) is 0. The quantitative estimate of drug-likeness (QED) is 0.159. The van der Waals surface area contributed by atoms with E-state index in [2.05, 4.69) is 459 Å². The lowest BCUT2D eigenvalue weighted by atomic mass is 10.0. The fourth-order valence-corrected chi connectivity index (χ4v) is 22.2. The smallest absolute Gasteiger partial charge is 0.0641 e. The van der Waals surface area contributed by atoms with Crippen molar-refractivity contribution >= 4 is 194 Å². The number of fused-ring (bicyclic) bond motifs is 27. The van der Waals surface area contributed by atoms with Crippen molar-refractivity contribution in [2.45, 2.75) is 55.4 Å². The van der Waals surface area contributed by atoms with Crippen LogP contribution in [0.5, 0.6) is 0 Å². The van der Waals surface area contributed by atoms with Crippen LogP contribution in [-0.4, -0.2) is 27.4 Å². The molecule has 0 amide bonds. The Morgan fingerprint density at radius 2 is 0.452 bits per heavy atom. The normalized spacial score (nSPS) is 11.9. The van der Waals surface area contributed by atoms with E-state index in [4.69, 9.17) is 0 Å². The number of para-hydroxylation sites is 6. The monoisotopic (exact) mass is 1630 g/mol. The van der Waals surface area contributed by atoms with Gasteiger partial charge in [-0.25, -0.2) is 0 Å². The highest BCUT2D eigenvalue weighted by molar-refractivity contribution is 7.26. The number of thiophene rings is 2. The Labute approximate surface area is 726 Å². The Morgan fingerprint density at radius 1 is 0.145 bits per heavy atom. The zero-order valence-electron chi connectivity index (χ0n) is 70.3. The van der Waals surface area contributed by atoms with Gasteiger partial charge in [0.1, 0.15) is 0 Å². The van der Waals surface area contributed by atoms with Crippen LogP contribution >= 0.6 is 22.7 Å². The second-order valence-electron chi connectivity index (χ2n) is 33.8. The molecule has 0 saturated carbocycles. The van der Waals surface area contributed by atoms with Crippen molar-refractivity contribution in [1.82, 2.24) is 27.4 Å². The summed E-state index contributed by atoms with van der Waals surface area (Å²) in [5, 5.41) is 21.1. The van der Waals surface area contributed by atoms with Gasteiger partial charge in [0.2, 0.25) is 0 Å². The molecular weight excluding hydrogens is 1540 g/mol. The van der Waals surface area contributed by atoms with Crippen molar-refractivity contribution in [1.29, 1.82) is 0 Å². The summed E-state index contributed by atoms with van der Waals surface area (Å²) in [6.07, 6.45) is 0. The third kappa shape index (κ3) is 12.1. The molecule has 0 aliphatic carbocycles. The van der Waals surface area contributed by atoms with E-state index in [9.17, 15) is 0 Å². The molecular formula is C116H86N6S2. The highest BCUT2D eigenvalue weighted by Gasteiger charge is 2.26. The molecule has 26 rings (SSSR count). The molecule has 0 fully saturated rings. The van der Waals surface area contributed by atoms with Crippen LogP contribution < -0.4 is 0 Å². The van der Waals surface area contributed by atoms with Crippen LogP contribution in [0.1, 0.15) is 44.5 Å². The average Bonchev–Trinajstić information content (AvgIpc) is 1.57. The predicted molar refractivity (Wildman–Crippen MR) is 535 cm³/mol. The SMILES string of the molecule is Cc1ccc(-n2c3ccccc3c3c2ccc2c4ccc(C)cc4n(-c4ccccc4)c23)cc1.Cc1ccc2c(c1)c1c3c4ccc(C)cc4n(-c4ccccc4)c3ccc1n2-c1ccccc1.Cc1ccc2c(c1)sc1cc3c(cc12)c1ccc(C)cc1n3-c1ccccc1.Cc1ccc2c(c1)sc1ccc3c4ccc(C)cc4n(-c4ccccc4)c3c12. The van der Waals surface area contributed by atoms with Crippen molar-refractivity contribution in [2.24, 2.45) is 0 Å². The highest BCUT2D eigenvalue weighted by atomic mass is 32.1. The molecule has 8 aromatic heterocycles. The maximum Gasteiger partial charge on any atom is 0.0641 e. The first kappa shape index (κ1) is 74.3. The molecule has 6 nitrogen and oxygen atoms in total. The first-order chi connectivity index (χ1) is 60.8. The van der Waals surface area contributed by atoms with E-state index >= 15 is 0 Å². The Morgan fingerprint density at radius 3 is 0.992 bits per heavy atom. The Kier molecular flexibility index (Phi) is 17.7. The van der Waals surface area contributed by atoms with Crippen molar-refractivity contribution in [2.75, 3.05) is 0 Å². The minimum absolute atomic E-state index is 1.19. The van der Waals surface area contributed by atoms with Crippen LogP contribution in [0.4, 0.5) is 0 Å². The van der Waals surface area contributed by atoms with Gasteiger partial charge in [-0.15, -0.1) is 22.7 Å². The van der Waals surface area contributed by atoms with Crippen LogP contribution in [0.3, 0.4) is 0 Å². The molecule has 26 aromatic rings. The third-order valence-electron chi connectivity index (χ3n) is 25.4. The number of aryl methyl sites for hydroxylation is 8. The average molecular weight is 1630 g/mol. The number of rotatable bonds is 6. The lowest BCUT2D eigenvalue weighted by Gasteiger charge is -2.10. The number of hydrogen-bond donors (Lipinski definition) is 0. The van der Waals surface area contributed by atoms with Gasteiger partial charge in [0, 0.05) is 139 Å². The second kappa shape index (κ2) is 29.5. The standard InChI is InChI=1S/2C32H24N2.2C26H19NS/c1-21-14-16-27-26(19-21)32-29(33(27)23-9-5-3-6-10-23)18-17-28-31(32)25-15-13-22(2)20-30(25)34(28)24-11-7-4-8-12-24;1-21-12-15-24(16-13-21)33-28-11-7-6-10-27(28)31-29(33)19-18-26-25-17-14-22(2)20-30(25)34(32(26)31)23-8-4-3-5-9-23;1-16-8-10-19-21-14-22-20-11-9-17(2)13-25(20)28-26(22)15-24(21)27(23(19)12-16)18-6-4-3-5-7-18;1-16-8-10-19-20-12-13-23-25(21-11-9-17(2)15-24(21)28-23)26(20)27(22(19)14-16)18-6-4-3-5-7-18/h2*3-20H,1-2H3;2*3-15H,1-2H3. The molecule has 8 heteroatoms. The summed E-state index contributed by atoms with van der Waals surface area (Å²) < 4.78 is 20.0. The molecule has 0 spiro atoms. The molecule has 8 heterocycles. The number of benzene rings is 18. The van der Waals surface area contributed by atoms with E-state index in [1.54, 1.807) is 0 Å². The van der Waals surface area contributed by atoms with Gasteiger partial charge in [0.05, 0.1) is 66.2 Å². The fourth-order valence-electron chi connectivity index (χ4n) is 19.8. The summed E-state index contributed by atoms with van der Waals surface area (Å²) in [5.41, 5.74) is 32.6. The zero-order valence-corrected chi connectivity index (χ0v) is 71.9. The van der Waals surface area contributed by atoms with Gasteiger partial charge in [-0.1, -0.05) is 223 Å². The van der Waals surface area contributed by atoms with Crippen molar-refractivity contribution in [3.63, 3.8) is 0 Å². The van der Waals surface area contributed by atoms with E-state index in [-0.39, 0.29) is 0 Å². The summed E-state index contributed by atoms with van der Waals surface area (Å²) >= 11 is 3.79. The minimum Gasteiger partial charge on any atom is -0.309 e. The topological polar surface area (TPSA) is 29.6 Å². The van der Waals surface area contributed by atoms with Gasteiger partial charge in [-0.2, -0.15) is 0 Å². The van der Waals surface area contributed by atoms with Crippen LogP contribution in [0.25, 0.3) is 205 Å². The molecule has 592 valence electrons. The van der Waals surface area contributed by atoms with Gasteiger partial charge in [-0.3, -0.25) is 0 Å². The molecule has 0 atom stereocenters. The van der Waals surface area contributed by atoms with E-state index in [0.29, 0.717) is 0 Å². The summed E-state index contributed by atoms with van der Waals surface area (Å²) in [6.45, 7) is 17.3. The molecule has 0 aliphatic rings. The molecule has 0 saturated heterocycles. The Bertz CT molecular complexity index is 8780. The van der Waals surface area contributed by atoms with Crippen LogP contribution in [-0.2, 0) is 0 Å². The van der Waals surface area contributed by atoms with Gasteiger partial charge < -0.3 is 27.4 Å². The first-order valence-electron chi connectivity index (χ1n) is 42.8. The van der Waals surface area contributed by atoms with Gasteiger partial charge in [0.15, 0.2) is 0 Å². The van der Waals surface area contributed by atoms with E-state index in [1.807, 2.05) is 22.7 Å². The molecule has 124 heavy (non-hydrogen) atoms. The zero-order chi connectivity index (χ0) is 83.3. The van der Waals surface area contributed by atoms with Crippen molar-refractivity contribution < 1.29 is 0 Å². The summed E-state index contributed by atoms with van der Waals surface area (Å²) in [6, 6.07) is 138. The summed E-state index contributed by atoms with van der Waals surface area (Å²) in [7, 11) is 0. The van der Waals surface area contributed by atoms with Gasteiger partial charge >= 0.3 is 0 Å². The minimum atomic E-state index is 1.19. The largest absolute Gasteiger partial charge is 0.309 e. The maximum atomic E-state index is 2.45. The highest BCUT2D eigenvalue weighted by Crippen LogP contribution is 2.49. The number of nitrogens with zero attached hydrogens (tertiary/aromatic N) is 6. The van der Waals surface area contributed by atoms with Crippen LogP contribution in [0.15, 0.2) is 376 Å². The molecule has 18 aromatic carbocycles. The van der Waals surface area contributed by atoms with Gasteiger partial charge in [-0.05, 0) is 253 Å².